The molecule has 1 fully saturated rings. The molecule has 4 N–H and O–H groups in total. The highest BCUT2D eigenvalue weighted by Crippen LogP contribution is 2.36. The Balaban J connectivity index is 0.000000680. The lowest BCUT2D eigenvalue weighted by Gasteiger charge is -2.19. The molecule has 4 rings (SSSR count). The highest BCUT2D eigenvalue weighted by Gasteiger charge is 2.34. The largest absolute Gasteiger partial charge is 0.417 e. The minimum atomic E-state index is -4.41. The first-order valence-electron chi connectivity index (χ1n) is 14.6. The summed E-state index contributed by atoms with van der Waals surface area (Å²) in [5.41, 5.74) is 7.77. The molecule has 13 nitrogen and oxygen atoms in total. The van der Waals surface area contributed by atoms with Crippen molar-refractivity contribution in [1.82, 2.24) is 28.7 Å². The molecular formula is C30H35Br3F9N9O4. The van der Waals surface area contributed by atoms with Gasteiger partial charge in [0.2, 0.25) is 18.2 Å². The van der Waals surface area contributed by atoms with Gasteiger partial charge >= 0.3 is 18.5 Å². The standard InChI is InChI=1S/C9H9BrF3N3.C6H4BrF3N2.C6H5F3N2.C5H13NO2.C4H4BrNO2/c1-16(2)5-15-8-3-6(9(11,12)13)7(10)4-14-8;7-4-2-12-5(11)1-3(4)6(8,9)10;7-6(8,9)4-1-2-11-5(10)3-4;1-6(2)5(7-3)8-4;5-6-3(7)1-2-4(6)8/h3-5H,1-2H3;1-2H,(H2,11,12);1-3H,(H2,10,11);5H,1-4H3;1-2H2. The van der Waals surface area contributed by atoms with Gasteiger partial charge < -0.3 is 25.8 Å². The van der Waals surface area contributed by atoms with E-state index in [0.717, 1.165) is 46.8 Å². The number of carbonyl (C=O) groups is 2. The molecule has 0 aromatic carbocycles. The van der Waals surface area contributed by atoms with Gasteiger partial charge in [-0.2, -0.15) is 39.5 Å². The van der Waals surface area contributed by atoms with Crippen LogP contribution in [0.15, 0.2) is 56.8 Å². The molecule has 0 aliphatic carbocycles. The van der Waals surface area contributed by atoms with E-state index in [4.69, 9.17) is 20.9 Å². The second-order valence-corrected chi connectivity index (χ2v) is 13.0. The van der Waals surface area contributed by atoms with Crippen LogP contribution in [0, 0.1) is 0 Å². The smallest absolute Gasteiger partial charge is 0.384 e. The van der Waals surface area contributed by atoms with E-state index in [1.54, 1.807) is 33.2 Å². The number of aromatic nitrogens is 3. The highest BCUT2D eigenvalue weighted by atomic mass is 79.9. The molecule has 25 heteroatoms. The van der Waals surface area contributed by atoms with Gasteiger partial charge in [-0.25, -0.2) is 23.9 Å². The second-order valence-electron chi connectivity index (χ2n) is 10.6. The van der Waals surface area contributed by atoms with Gasteiger partial charge in [0.25, 0.3) is 0 Å². The average Bonchev–Trinajstić information content (AvgIpc) is 3.36. The van der Waals surface area contributed by atoms with E-state index in [1.165, 1.54) is 6.34 Å². The maximum atomic E-state index is 12.5. The lowest BCUT2D eigenvalue weighted by molar-refractivity contribution is -0.179. The van der Waals surface area contributed by atoms with Crippen LogP contribution in [0.2, 0.25) is 0 Å². The number of aliphatic imine (C=N–C) groups is 1. The van der Waals surface area contributed by atoms with Crippen LogP contribution in [-0.4, -0.2) is 95.7 Å². The second kappa shape index (κ2) is 23.4. The lowest BCUT2D eigenvalue weighted by Crippen LogP contribution is -2.30. The Morgan fingerprint density at radius 1 is 0.782 bits per heavy atom. The van der Waals surface area contributed by atoms with E-state index in [9.17, 15) is 49.1 Å². The number of hydrogen-bond acceptors (Lipinski definition) is 11. The zero-order valence-electron chi connectivity index (χ0n) is 29.6. The van der Waals surface area contributed by atoms with Crippen LogP contribution in [0.4, 0.5) is 57.0 Å². The van der Waals surface area contributed by atoms with Crippen molar-refractivity contribution in [3.8, 4) is 0 Å². The number of amides is 2. The van der Waals surface area contributed by atoms with Crippen molar-refractivity contribution >= 4 is 83.6 Å². The fraction of sp³-hybridized carbons (Fsp3) is 0.400. The van der Waals surface area contributed by atoms with Crippen molar-refractivity contribution in [1.29, 1.82) is 0 Å². The molecule has 0 bridgehead atoms. The number of nitrogens with zero attached hydrogens (tertiary/aromatic N) is 7. The zero-order valence-corrected chi connectivity index (χ0v) is 34.3. The molecular weight excluding hydrogens is 961 g/mol. The van der Waals surface area contributed by atoms with E-state index in [-0.39, 0.29) is 44.6 Å². The Morgan fingerprint density at radius 2 is 1.24 bits per heavy atom. The first-order valence-corrected chi connectivity index (χ1v) is 16.9. The summed E-state index contributed by atoms with van der Waals surface area (Å²) < 4.78 is 120. The number of halogens is 12. The third-order valence-corrected chi connectivity index (χ3v) is 7.73. The zero-order chi connectivity index (χ0) is 42.9. The Kier molecular flexibility index (Phi) is 21.9. The van der Waals surface area contributed by atoms with E-state index in [0.29, 0.717) is 12.8 Å². The fourth-order valence-electron chi connectivity index (χ4n) is 3.25. The van der Waals surface area contributed by atoms with Gasteiger partial charge in [-0.3, -0.25) is 14.5 Å². The number of carbonyl (C=O) groups excluding carboxylic acids is 2. The minimum absolute atomic E-state index is 0.0178. The summed E-state index contributed by atoms with van der Waals surface area (Å²) in [4.78, 5) is 38.8. The molecule has 4 heterocycles. The highest BCUT2D eigenvalue weighted by molar-refractivity contribution is 9.10. The Bertz CT molecular complexity index is 1680. The molecule has 0 atom stereocenters. The number of alkyl halides is 9. The lowest BCUT2D eigenvalue weighted by atomic mass is 10.2. The molecule has 2 amide bonds. The van der Waals surface area contributed by atoms with Crippen LogP contribution in [-0.2, 0) is 37.6 Å². The topological polar surface area (TPSA) is 165 Å². The van der Waals surface area contributed by atoms with Crippen molar-refractivity contribution in [2.24, 2.45) is 4.99 Å². The van der Waals surface area contributed by atoms with Crippen LogP contribution >= 0.6 is 48.0 Å². The normalized spacial score (nSPS) is 13.0. The Labute approximate surface area is 334 Å². The number of nitrogens with two attached hydrogens (primary N) is 2. The molecule has 0 spiro atoms. The summed E-state index contributed by atoms with van der Waals surface area (Å²) in [6.07, 6.45) is -8.13. The van der Waals surface area contributed by atoms with Crippen LogP contribution in [0.1, 0.15) is 29.5 Å². The third kappa shape index (κ3) is 20.2. The predicted molar refractivity (Wildman–Crippen MR) is 195 cm³/mol. The first kappa shape index (κ1) is 51.4. The van der Waals surface area contributed by atoms with E-state index < -0.39 is 35.2 Å². The van der Waals surface area contributed by atoms with Gasteiger partial charge in [0, 0.05) is 68.7 Å². The van der Waals surface area contributed by atoms with E-state index >= 15 is 0 Å². The maximum absolute atomic E-state index is 12.5. The molecule has 0 radical (unpaired) electrons. The van der Waals surface area contributed by atoms with Gasteiger partial charge in [0.15, 0.2) is 5.82 Å². The monoisotopic (exact) mass is 993 g/mol. The number of ether oxygens (including phenoxy) is 2. The fourth-order valence-corrected chi connectivity index (χ4v) is 4.49. The van der Waals surface area contributed by atoms with Crippen LogP contribution in [0.3, 0.4) is 0 Å². The predicted octanol–water partition coefficient (Wildman–Crippen LogP) is 7.78. The van der Waals surface area contributed by atoms with Gasteiger partial charge in [-0.15, -0.1) is 0 Å². The van der Waals surface area contributed by atoms with Gasteiger partial charge in [-0.05, 0) is 70.2 Å². The SMILES string of the molecule is CN(C)C=Nc1cc(C(F)(F)F)c(Br)cn1.COC(OC)N(C)C.Nc1cc(C(F)(F)F)c(Br)cn1.Nc1cc(C(F)(F)F)ccn1.O=C1CCC(=O)N1Br. The van der Waals surface area contributed by atoms with Crippen molar-refractivity contribution < 1.29 is 58.6 Å². The summed E-state index contributed by atoms with van der Waals surface area (Å²) in [6.45, 7) is 0. The van der Waals surface area contributed by atoms with Crippen molar-refractivity contribution in [3.05, 3.63) is 68.5 Å². The number of imide groups is 1. The van der Waals surface area contributed by atoms with Gasteiger partial charge in [-0.1, -0.05) is 0 Å². The average molecular weight is 996 g/mol. The first-order chi connectivity index (χ1) is 25.1. The number of pyridine rings is 3. The van der Waals surface area contributed by atoms with Crippen LogP contribution in [0.5, 0.6) is 0 Å². The molecule has 1 saturated heterocycles. The van der Waals surface area contributed by atoms with Crippen molar-refractivity contribution in [2.75, 3.05) is 53.9 Å². The van der Waals surface area contributed by atoms with Crippen molar-refractivity contribution in [3.63, 3.8) is 0 Å². The number of hydrogen-bond donors (Lipinski definition) is 2. The van der Waals surface area contributed by atoms with E-state index in [2.05, 4.69) is 68.0 Å². The quantitative estimate of drug-likeness (QED) is 0.0641. The Morgan fingerprint density at radius 3 is 1.55 bits per heavy atom. The summed E-state index contributed by atoms with van der Waals surface area (Å²) in [6, 6.07) is 3.34. The van der Waals surface area contributed by atoms with E-state index in [1.807, 2.05) is 19.0 Å². The maximum Gasteiger partial charge on any atom is 0.417 e. The third-order valence-electron chi connectivity index (χ3n) is 5.67. The summed E-state index contributed by atoms with van der Waals surface area (Å²) in [7, 11) is 10.4. The number of methoxy groups -OCH3 is 2. The molecule has 3 aromatic heterocycles. The summed E-state index contributed by atoms with van der Waals surface area (Å²) in [5.74, 6) is -0.542. The Hall–Kier alpha value is -3.65. The molecule has 3 aromatic rings. The number of anilines is 2. The molecule has 1 aliphatic heterocycles. The minimum Gasteiger partial charge on any atom is -0.384 e. The van der Waals surface area contributed by atoms with Gasteiger partial charge in [0.1, 0.15) is 11.6 Å². The van der Waals surface area contributed by atoms with Crippen molar-refractivity contribution in [2.45, 2.75) is 37.8 Å². The molecule has 1 aliphatic rings. The molecule has 0 saturated carbocycles. The number of rotatable bonds is 5. The molecule has 55 heavy (non-hydrogen) atoms. The van der Waals surface area contributed by atoms with Crippen LogP contribution < -0.4 is 11.5 Å². The molecule has 0 unspecified atom stereocenters. The van der Waals surface area contributed by atoms with Gasteiger partial charge in [0.05, 0.1) is 39.2 Å². The molecule has 308 valence electrons. The summed E-state index contributed by atoms with van der Waals surface area (Å²) in [5, 5.41) is 0. The summed E-state index contributed by atoms with van der Waals surface area (Å²) >= 11 is 8.33. The van der Waals surface area contributed by atoms with Crippen LogP contribution in [0.25, 0.3) is 0 Å². The number of nitrogen functional groups attached to an aromatic ring is 2.